The van der Waals surface area contributed by atoms with Crippen molar-refractivity contribution in [2.24, 2.45) is 17.3 Å². The number of nitrogens with zero attached hydrogens (tertiary/aromatic N) is 3. The van der Waals surface area contributed by atoms with Crippen molar-refractivity contribution in [2.75, 3.05) is 7.11 Å². The summed E-state index contributed by atoms with van der Waals surface area (Å²) in [5.41, 5.74) is 1.90. The molecule has 1 aromatic heterocycles. The van der Waals surface area contributed by atoms with E-state index in [0.29, 0.717) is 10.2 Å². The van der Waals surface area contributed by atoms with Crippen molar-refractivity contribution in [2.45, 2.75) is 0 Å². The summed E-state index contributed by atoms with van der Waals surface area (Å²) in [5, 5.41) is 18.2. The number of aromatic hydroxyl groups is 1. The van der Waals surface area contributed by atoms with Crippen LogP contribution in [0.5, 0.6) is 11.5 Å². The number of halogens is 1. The van der Waals surface area contributed by atoms with Gasteiger partial charge in [0.15, 0.2) is 11.5 Å². The first-order valence-corrected chi connectivity index (χ1v) is 8.39. The Bertz CT molecular complexity index is 960. The van der Waals surface area contributed by atoms with Crippen LogP contribution in [0.1, 0.15) is 5.56 Å². The Morgan fingerprint density at radius 2 is 2.09 bits per heavy atom. The van der Waals surface area contributed by atoms with E-state index >= 15 is 0 Å². The Morgan fingerprint density at radius 3 is 2.83 bits per heavy atom. The highest BCUT2D eigenvalue weighted by Gasteiger charge is 2.07. The minimum absolute atomic E-state index is 0.0671. The minimum atomic E-state index is 0.0671. The molecular weight excluding hydrogens is 378 g/mol. The zero-order valence-corrected chi connectivity index (χ0v) is 14.9. The molecule has 3 aromatic rings. The van der Waals surface area contributed by atoms with E-state index in [-0.39, 0.29) is 5.75 Å². The summed E-state index contributed by atoms with van der Waals surface area (Å²) in [6, 6.07) is 11.6. The minimum Gasteiger partial charge on any atom is -0.503 e. The van der Waals surface area contributed by atoms with Gasteiger partial charge in [-0.3, -0.25) is 0 Å². The summed E-state index contributed by atoms with van der Waals surface area (Å²) in [5.74, 6) is 0.450. The van der Waals surface area contributed by atoms with Gasteiger partial charge >= 0.3 is 0 Å². The molecule has 0 spiro atoms. The first-order valence-electron chi connectivity index (χ1n) is 6.78. The number of methoxy groups -OCH3 is 1. The largest absolute Gasteiger partial charge is 0.503 e. The van der Waals surface area contributed by atoms with Crippen molar-refractivity contribution < 1.29 is 9.84 Å². The average molecular weight is 392 g/mol. The van der Waals surface area contributed by atoms with Gasteiger partial charge in [-0.1, -0.05) is 23.5 Å². The highest BCUT2D eigenvalue weighted by Crippen LogP contribution is 2.34. The molecule has 0 aliphatic carbocycles. The number of para-hydroxylation sites is 1. The van der Waals surface area contributed by atoms with E-state index in [1.807, 2.05) is 23.7 Å². The zero-order chi connectivity index (χ0) is 16.4. The molecule has 0 amide bonds. The number of thiazole rings is 1. The molecule has 1 heterocycles. The number of hydrogen-bond donors (Lipinski definition) is 1. The molecule has 0 bridgehead atoms. The third-order valence-corrected chi connectivity index (χ3v) is 5.04. The number of aromatic nitrogens is 1. The zero-order valence-electron chi connectivity index (χ0n) is 12.5. The molecular formula is C16H14BrN3O2S. The molecule has 0 saturated heterocycles. The summed E-state index contributed by atoms with van der Waals surface area (Å²) in [4.78, 5) is 0.812. The number of benzene rings is 2. The lowest BCUT2D eigenvalue weighted by atomic mass is 10.2. The molecule has 118 valence electrons. The second kappa shape index (κ2) is 6.55. The smallest absolute Gasteiger partial charge is 0.211 e. The molecule has 0 radical (unpaired) electrons. The second-order valence-electron chi connectivity index (χ2n) is 4.81. The summed E-state index contributed by atoms with van der Waals surface area (Å²) in [7, 11) is 3.47. The van der Waals surface area contributed by atoms with Crippen LogP contribution in [0.2, 0.25) is 0 Å². The normalized spacial score (nSPS) is 12.4. The molecule has 0 unspecified atom stereocenters. The third-order valence-electron chi connectivity index (χ3n) is 3.34. The van der Waals surface area contributed by atoms with Crippen LogP contribution in [-0.4, -0.2) is 23.0 Å². The van der Waals surface area contributed by atoms with Gasteiger partial charge in [0.1, 0.15) is 0 Å². The maximum absolute atomic E-state index is 9.80. The molecule has 0 atom stereocenters. The number of hydrogen-bond acceptors (Lipinski definition) is 5. The van der Waals surface area contributed by atoms with E-state index in [2.05, 4.69) is 38.3 Å². The van der Waals surface area contributed by atoms with Gasteiger partial charge in [-0.15, -0.1) is 5.10 Å². The SMILES string of the molecule is COc1cc(C=NN=c2sc3ccccc3n2C)cc(Br)c1O. The average Bonchev–Trinajstić information content (AvgIpc) is 2.87. The lowest BCUT2D eigenvalue weighted by Crippen LogP contribution is -2.08. The lowest BCUT2D eigenvalue weighted by Gasteiger charge is -2.05. The number of aryl methyl sites for hydroxylation is 1. The van der Waals surface area contributed by atoms with E-state index in [0.717, 1.165) is 20.6 Å². The highest BCUT2D eigenvalue weighted by atomic mass is 79.9. The van der Waals surface area contributed by atoms with E-state index in [1.54, 1.807) is 29.7 Å². The van der Waals surface area contributed by atoms with E-state index in [4.69, 9.17) is 4.74 Å². The molecule has 3 rings (SSSR count). The number of phenols is 1. The van der Waals surface area contributed by atoms with Crippen LogP contribution >= 0.6 is 27.3 Å². The summed E-state index contributed by atoms with van der Waals surface area (Å²) in [6.45, 7) is 0. The van der Waals surface area contributed by atoms with Gasteiger partial charge in [-0.2, -0.15) is 5.10 Å². The molecule has 0 aliphatic rings. The van der Waals surface area contributed by atoms with Gasteiger partial charge < -0.3 is 14.4 Å². The van der Waals surface area contributed by atoms with Crippen LogP contribution in [0, 0.1) is 0 Å². The highest BCUT2D eigenvalue weighted by molar-refractivity contribution is 9.10. The number of ether oxygens (including phenoxy) is 1. The Labute approximate surface area is 145 Å². The third kappa shape index (κ3) is 3.16. The van der Waals surface area contributed by atoms with Crippen molar-refractivity contribution in [3.05, 3.63) is 51.2 Å². The van der Waals surface area contributed by atoms with Crippen molar-refractivity contribution in [3.8, 4) is 11.5 Å². The fourth-order valence-electron chi connectivity index (χ4n) is 2.15. The van der Waals surface area contributed by atoms with E-state index < -0.39 is 0 Å². The predicted molar refractivity (Wildman–Crippen MR) is 96.3 cm³/mol. The Hall–Kier alpha value is -2.12. The van der Waals surface area contributed by atoms with E-state index in [9.17, 15) is 5.11 Å². The Morgan fingerprint density at radius 1 is 1.30 bits per heavy atom. The van der Waals surface area contributed by atoms with Crippen LogP contribution in [0.25, 0.3) is 10.2 Å². The second-order valence-corrected chi connectivity index (χ2v) is 6.67. The van der Waals surface area contributed by atoms with Gasteiger partial charge in [-0.05, 0) is 45.8 Å². The lowest BCUT2D eigenvalue weighted by molar-refractivity contribution is 0.372. The van der Waals surface area contributed by atoms with Crippen LogP contribution in [0.3, 0.4) is 0 Å². The fourth-order valence-corrected chi connectivity index (χ4v) is 3.58. The molecule has 5 nitrogen and oxygen atoms in total. The first-order chi connectivity index (χ1) is 11.1. The monoisotopic (exact) mass is 391 g/mol. The van der Waals surface area contributed by atoms with Crippen molar-refractivity contribution >= 4 is 43.7 Å². The quantitative estimate of drug-likeness (QED) is 0.547. The van der Waals surface area contributed by atoms with Crippen LogP contribution in [0.15, 0.2) is 51.1 Å². The van der Waals surface area contributed by atoms with Crippen molar-refractivity contribution in [1.82, 2.24) is 4.57 Å². The summed E-state index contributed by atoms with van der Waals surface area (Å²) >= 11 is 4.87. The maximum atomic E-state index is 9.80. The van der Waals surface area contributed by atoms with Gasteiger partial charge in [0.25, 0.3) is 0 Å². The van der Waals surface area contributed by atoms with Crippen molar-refractivity contribution in [3.63, 3.8) is 0 Å². The predicted octanol–water partition coefficient (Wildman–Crippen LogP) is 3.65. The summed E-state index contributed by atoms with van der Waals surface area (Å²) < 4.78 is 8.83. The van der Waals surface area contributed by atoms with Crippen LogP contribution in [-0.2, 0) is 7.05 Å². The van der Waals surface area contributed by atoms with Gasteiger partial charge in [0.05, 0.1) is 28.0 Å². The van der Waals surface area contributed by atoms with Crippen molar-refractivity contribution in [1.29, 1.82) is 0 Å². The molecule has 1 N–H and O–H groups in total. The number of fused-ring (bicyclic) bond motifs is 1. The maximum Gasteiger partial charge on any atom is 0.211 e. The molecule has 0 aliphatic heterocycles. The van der Waals surface area contributed by atoms with Gasteiger partial charge in [0.2, 0.25) is 4.80 Å². The first kappa shape index (κ1) is 15.8. The standard InChI is InChI=1S/C16H14BrN3O2S/c1-20-12-5-3-4-6-14(12)23-16(20)19-18-9-10-7-11(17)15(21)13(8-10)22-2/h3-9,21H,1-2H3. The van der Waals surface area contributed by atoms with Crippen LogP contribution in [0.4, 0.5) is 0 Å². The topological polar surface area (TPSA) is 59.1 Å². The molecule has 2 aromatic carbocycles. The summed E-state index contributed by atoms with van der Waals surface area (Å²) in [6.07, 6.45) is 1.62. The fraction of sp³-hybridized carbons (Fsp3) is 0.125. The van der Waals surface area contributed by atoms with E-state index in [1.165, 1.54) is 7.11 Å². The number of rotatable bonds is 3. The molecule has 7 heteroatoms. The molecule has 23 heavy (non-hydrogen) atoms. The molecule has 0 fully saturated rings. The van der Waals surface area contributed by atoms with Gasteiger partial charge in [-0.25, -0.2) is 0 Å². The Kier molecular flexibility index (Phi) is 4.49. The Balaban J connectivity index is 1.96. The number of phenolic OH excluding ortho intramolecular Hbond substituents is 1. The molecule has 0 saturated carbocycles. The van der Waals surface area contributed by atoms with Gasteiger partial charge in [0, 0.05) is 7.05 Å². The van der Waals surface area contributed by atoms with Crippen LogP contribution < -0.4 is 9.54 Å².